The summed E-state index contributed by atoms with van der Waals surface area (Å²) >= 11 is 0. The van der Waals surface area contributed by atoms with Crippen molar-refractivity contribution in [3.63, 3.8) is 0 Å². The molecule has 35 heavy (non-hydrogen) atoms. The average molecular weight is 486 g/mol. The summed E-state index contributed by atoms with van der Waals surface area (Å²) in [6, 6.07) is 33.7. The monoisotopic (exact) mass is 485 g/mol. The molecule has 178 valence electrons. The molecule has 0 spiro atoms. The Bertz CT molecular complexity index is 1250. The highest BCUT2D eigenvalue weighted by Gasteiger charge is 2.43. The van der Waals surface area contributed by atoms with E-state index >= 15 is 4.57 Å². The molecule has 0 aliphatic rings. The van der Waals surface area contributed by atoms with E-state index in [-0.39, 0.29) is 16.8 Å². The summed E-state index contributed by atoms with van der Waals surface area (Å²) in [5, 5.41) is 21.4. The summed E-state index contributed by atoms with van der Waals surface area (Å²) < 4.78 is 15.3. The molecule has 4 rings (SSSR count). The Kier molecular flexibility index (Phi) is 7.47. The van der Waals surface area contributed by atoms with Crippen molar-refractivity contribution >= 4 is 29.3 Å². The second kappa shape index (κ2) is 10.7. The third-order valence-corrected chi connectivity index (χ3v) is 9.35. The van der Waals surface area contributed by atoms with Gasteiger partial charge in [-0.1, -0.05) is 91.0 Å². The fourth-order valence-corrected chi connectivity index (χ4v) is 7.61. The van der Waals surface area contributed by atoms with Gasteiger partial charge in [0.05, 0.1) is 5.69 Å². The van der Waals surface area contributed by atoms with Gasteiger partial charge in [0.1, 0.15) is 5.78 Å². The van der Waals surface area contributed by atoms with Gasteiger partial charge < -0.3 is 19.9 Å². The zero-order valence-electron chi connectivity index (χ0n) is 19.3. The standard InChI is InChI=1S/C28H26N2O4P/c1-2-29(27(31)22-18-20-24(21-19-22)30(32)33)28(23-12-6-3-7-13-23)35(34,25-14-8-4-9-15-25)26-16-10-5-11-17-26/h3-21,28,32H,2H2,1H3/q-1. The summed E-state index contributed by atoms with van der Waals surface area (Å²) in [6.45, 7) is 2.16. The van der Waals surface area contributed by atoms with Gasteiger partial charge in [-0.15, -0.1) is 0 Å². The summed E-state index contributed by atoms with van der Waals surface area (Å²) in [5.41, 5.74) is 1.10. The van der Waals surface area contributed by atoms with Gasteiger partial charge >= 0.3 is 0 Å². The molecule has 1 N–H and O–H groups in total. The number of carbonyl (C=O) groups excluding carboxylic acids is 1. The van der Waals surface area contributed by atoms with E-state index in [4.69, 9.17) is 5.21 Å². The first-order valence-corrected chi connectivity index (χ1v) is 13.1. The average Bonchev–Trinajstić information content (AvgIpc) is 2.92. The molecule has 0 saturated heterocycles. The van der Waals surface area contributed by atoms with E-state index in [9.17, 15) is 10.0 Å². The summed E-state index contributed by atoms with van der Waals surface area (Å²) in [7, 11) is -3.42. The van der Waals surface area contributed by atoms with Crippen LogP contribution in [0.15, 0.2) is 115 Å². The van der Waals surface area contributed by atoms with Gasteiger partial charge in [0.2, 0.25) is 0 Å². The van der Waals surface area contributed by atoms with Gasteiger partial charge in [-0.3, -0.25) is 10.0 Å². The number of hydrogen-bond donors (Lipinski definition) is 1. The lowest BCUT2D eigenvalue weighted by atomic mass is 10.1. The normalized spacial score (nSPS) is 12.1. The maximum Gasteiger partial charge on any atom is 0.254 e. The van der Waals surface area contributed by atoms with Crippen molar-refractivity contribution in [2.75, 3.05) is 11.8 Å². The summed E-state index contributed by atoms with van der Waals surface area (Å²) in [5.74, 6) is -1.09. The number of rotatable bonds is 8. The molecule has 0 radical (unpaired) electrons. The molecule has 0 aliphatic carbocycles. The lowest BCUT2D eigenvalue weighted by molar-refractivity contribution is 0.0740. The molecule has 4 aromatic carbocycles. The van der Waals surface area contributed by atoms with Gasteiger partial charge in [-0.05, 0) is 36.8 Å². The first-order valence-electron chi connectivity index (χ1n) is 11.3. The molecule has 0 fully saturated rings. The molecule has 0 saturated carbocycles. The zero-order valence-corrected chi connectivity index (χ0v) is 20.2. The van der Waals surface area contributed by atoms with E-state index in [0.717, 1.165) is 5.56 Å². The number of benzene rings is 4. The Hall–Kier alpha value is -3.70. The first kappa shape index (κ1) is 24.4. The fraction of sp³-hybridized carbons (Fsp3) is 0.107. The Morgan fingerprint density at radius 2 is 1.26 bits per heavy atom. The van der Waals surface area contributed by atoms with Crippen LogP contribution in [0.2, 0.25) is 0 Å². The SMILES string of the molecule is CCN(C(=O)c1ccc(N([O-])O)cc1)C(c1ccccc1)P(=O)(c1ccccc1)c1ccccc1. The number of carbonyl (C=O) groups is 1. The van der Waals surface area contributed by atoms with E-state index in [1.165, 1.54) is 24.3 Å². The maximum absolute atomic E-state index is 15.3. The van der Waals surface area contributed by atoms with Crippen LogP contribution in [-0.2, 0) is 4.57 Å². The maximum atomic E-state index is 15.3. The van der Waals surface area contributed by atoms with Crippen molar-refractivity contribution in [3.05, 3.63) is 132 Å². The molecule has 7 heteroatoms. The predicted octanol–water partition coefficient (Wildman–Crippen LogP) is 5.56. The van der Waals surface area contributed by atoms with Crippen molar-refractivity contribution in [2.24, 2.45) is 0 Å². The number of amides is 1. The van der Waals surface area contributed by atoms with Crippen molar-refractivity contribution in [1.29, 1.82) is 0 Å². The molecular weight excluding hydrogens is 459 g/mol. The van der Waals surface area contributed by atoms with Gasteiger partial charge in [0.25, 0.3) is 5.91 Å². The van der Waals surface area contributed by atoms with Gasteiger partial charge in [-0.2, -0.15) is 0 Å². The minimum absolute atomic E-state index is 0.0171. The second-order valence-electron chi connectivity index (χ2n) is 8.02. The van der Waals surface area contributed by atoms with Crippen LogP contribution < -0.4 is 15.8 Å². The minimum atomic E-state index is -3.42. The van der Waals surface area contributed by atoms with Crippen molar-refractivity contribution < 1.29 is 14.6 Å². The van der Waals surface area contributed by atoms with Gasteiger partial charge in [0, 0.05) is 22.7 Å². The summed E-state index contributed by atoms with van der Waals surface area (Å²) in [4.78, 5) is 15.5. The lowest BCUT2D eigenvalue weighted by Crippen LogP contribution is -2.38. The van der Waals surface area contributed by atoms with Crippen LogP contribution in [0.5, 0.6) is 0 Å². The van der Waals surface area contributed by atoms with E-state index in [2.05, 4.69) is 0 Å². The molecule has 0 heterocycles. The third-order valence-electron chi connectivity index (χ3n) is 5.95. The smallest absolute Gasteiger partial charge is 0.254 e. The van der Waals surface area contributed by atoms with Crippen LogP contribution in [0, 0.1) is 5.21 Å². The Morgan fingerprint density at radius 3 is 1.69 bits per heavy atom. The molecule has 1 amide bonds. The molecule has 0 bridgehead atoms. The van der Waals surface area contributed by atoms with E-state index in [1.54, 1.807) is 4.90 Å². The van der Waals surface area contributed by atoms with Crippen molar-refractivity contribution in [1.82, 2.24) is 4.90 Å². The number of nitrogens with zero attached hydrogens (tertiary/aromatic N) is 2. The Labute approximate surface area is 205 Å². The predicted molar refractivity (Wildman–Crippen MR) is 140 cm³/mol. The molecule has 1 unspecified atom stereocenters. The Balaban J connectivity index is 1.92. The van der Waals surface area contributed by atoms with Crippen LogP contribution in [0.3, 0.4) is 0 Å². The van der Waals surface area contributed by atoms with Crippen LogP contribution in [-0.4, -0.2) is 22.6 Å². The number of hydrogen-bond acceptors (Lipinski definition) is 5. The fourth-order valence-electron chi connectivity index (χ4n) is 4.27. The van der Waals surface area contributed by atoms with Crippen LogP contribution in [0.1, 0.15) is 28.6 Å². The van der Waals surface area contributed by atoms with Gasteiger partial charge in [-0.25, -0.2) is 0 Å². The van der Waals surface area contributed by atoms with Crippen molar-refractivity contribution in [3.8, 4) is 0 Å². The summed E-state index contributed by atoms with van der Waals surface area (Å²) in [6.07, 6.45) is 0. The van der Waals surface area contributed by atoms with E-state index in [0.29, 0.717) is 22.7 Å². The molecule has 0 aromatic heterocycles. The third kappa shape index (κ3) is 4.91. The van der Waals surface area contributed by atoms with E-state index < -0.39 is 12.9 Å². The lowest BCUT2D eigenvalue weighted by Gasteiger charge is -2.37. The second-order valence-corrected chi connectivity index (χ2v) is 10.9. The molecule has 6 nitrogen and oxygen atoms in total. The number of anilines is 1. The largest absolute Gasteiger partial charge is 0.733 e. The van der Waals surface area contributed by atoms with Gasteiger partial charge in [0.15, 0.2) is 7.14 Å². The van der Waals surface area contributed by atoms with Crippen molar-refractivity contribution in [2.45, 2.75) is 12.7 Å². The highest BCUT2D eigenvalue weighted by molar-refractivity contribution is 7.79. The van der Waals surface area contributed by atoms with Crippen LogP contribution in [0.4, 0.5) is 5.69 Å². The minimum Gasteiger partial charge on any atom is -0.733 e. The topological polar surface area (TPSA) is 83.9 Å². The first-order chi connectivity index (χ1) is 17.0. The Morgan fingerprint density at radius 1 is 0.800 bits per heavy atom. The molecule has 1 atom stereocenters. The van der Waals surface area contributed by atoms with Crippen LogP contribution >= 0.6 is 7.14 Å². The molecule has 4 aromatic rings. The zero-order chi connectivity index (χ0) is 24.8. The highest BCUT2D eigenvalue weighted by atomic mass is 31.2. The van der Waals surface area contributed by atoms with E-state index in [1.807, 2.05) is 97.9 Å². The van der Waals surface area contributed by atoms with Crippen LogP contribution in [0.25, 0.3) is 0 Å². The molecular formula is C28H26N2O4P-. The molecule has 0 aliphatic heterocycles. The quantitative estimate of drug-likeness (QED) is 0.261. The highest BCUT2D eigenvalue weighted by Crippen LogP contribution is 2.58.